The third kappa shape index (κ3) is 8.65. The van der Waals surface area contributed by atoms with E-state index in [-0.39, 0.29) is 31.2 Å². The van der Waals surface area contributed by atoms with Crippen molar-refractivity contribution in [3.63, 3.8) is 0 Å². The Bertz CT molecular complexity index is 2060. The lowest BCUT2D eigenvalue weighted by Crippen LogP contribution is -2.59. The second kappa shape index (κ2) is 15.3. The van der Waals surface area contributed by atoms with Gasteiger partial charge in [-0.3, -0.25) is 19.1 Å². The summed E-state index contributed by atoms with van der Waals surface area (Å²) in [6.07, 6.45) is 0.222. The fourth-order valence-corrected chi connectivity index (χ4v) is 8.86. The number of pyridine rings is 1. The average Bonchev–Trinajstić information content (AvgIpc) is 4.01. The Hall–Kier alpha value is -4.61. The second-order valence-electron chi connectivity index (χ2n) is 16.7. The van der Waals surface area contributed by atoms with Gasteiger partial charge in [-0.15, -0.1) is 0 Å². The molecule has 14 nitrogen and oxygen atoms in total. The molecule has 0 radical (unpaired) electrons. The van der Waals surface area contributed by atoms with Crippen molar-refractivity contribution in [1.82, 2.24) is 25.2 Å². The van der Waals surface area contributed by atoms with Crippen molar-refractivity contribution < 1.29 is 55.0 Å². The molecule has 2 aromatic rings. The molecule has 6 rings (SSSR count). The van der Waals surface area contributed by atoms with Crippen LogP contribution in [0.4, 0.5) is 18.0 Å². The Morgan fingerprint density at radius 3 is 2.47 bits per heavy atom. The smallest absolute Gasteiger partial charge is 0.427 e. The molecule has 57 heavy (non-hydrogen) atoms. The number of alkyl halides is 3. The largest absolute Gasteiger partial charge is 0.497 e. The molecule has 3 fully saturated rings. The van der Waals surface area contributed by atoms with E-state index in [1.807, 2.05) is 13.0 Å². The van der Waals surface area contributed by atoms with E-state index in [0.29, 0.717) is 57.1 Å². The van der Waals surface area contributed by atoms with Gasteiger partial charge >= 0.3 is 12.3 Å². The Morgan fingerprint density at radius 2 is 1.81 bits per heavy atom. The number of halogens is 3. The van der Waals surface area contributed by atoms with Crippen molar-refractivity contribution in [2.75, 3.05) is 13.7 Å². The number of sulfonamides is 1. The molecule has 2 aliphatic carbocycles. The van der Waals surface area contributed by atoms with Gasteiger partial charge in [-0.2, -0.15) is 13.2 Å². The molecule has 0 unspecified atom stereocenters. The minimum absolute atomic E-state index is 0.0347. The summed E-state index contributed by atoms with van der Waals surface area (Å²) in [5.41, 5.74) is -4.52. The van der Waals surface area contributed by atoms with Crippen LogP contribution in [-0.2, 0) is 29.1 Å². The number of aromatic nitrogens is 1. The Morgan fingerprint density at radius 1 is 1.09 bits per heavy atom. The van der Waals surface area contributed by atoms with Crippen LogP contribution in [0.25, 0.3) is 10.8 Å². The molecule has 0 bridgehead atoms. The van der Waals surface area contributed by atoms with E-state index in [4.69, 9.17) is 14.2 Å². The van der Waals surface area contributed by atoms with E-state index in [2.05, 4.69) is 20.3 Å². The van der Waals surface area contributed by atoms with Crippen LogP contribution in [0.2, 0.25) is 0 Å². The molecule has 1 saturated heterocycles. The van der Waals surface area contributed by atoms with Gasteiger partial charge in [0.05, 0.1) is 18.4 Å². The zero-order valence-electron chi connectivity index (χ0n) is 32.8. The highest BCUT2D eigenvalue weighted by Crippen LogP contribution is 2.48. The van der Waals surface area contributed by atoms with E-state index in [1.54, 1.807) is 37.3 Å². The van der Waals surface area contributed by atoms with E-state index >= 15 is 0 Å². The van der Waals surface area contributed by atoms with Crippen molar-refractivity contribution in [2.24, 2.45) is 17.8 Å². The van der Waals surface area contributed by atoms with Crippen LogP contribution in [0.15, 0.2) is 42.6 Å². The first-order valence-electron chi connectivity index (χ1n) is 19.1. The fourth-order valence-electron chi connectivity index (χ4n) is 7.55. The summed E-state index contributed by atoms with van der Waals surface area (Å²) in [7, 11) is -2.54. The quantitative estimate of drug-likeness (QED) is 0.310. The van der Waals surface area contributed by atoms with Gasteiger partial charge in [0.1, 0.15) is 29.5 Å². The summed E-state index contributed by atoms with van der Waals surface area (Å²) in [4.78, 5) is 61.8. The Labute approximate surface area is 329 Å². The number of benzene rings is 1. The van der Waals surface area contributed by atoms with Gasteiger partial charge in [0.2, 0.25) is 33.3 Å². The predicted octanol–water partition coefficient (Wildman–Crippen LogP) is 4.91. The van der Waals surface area contributed by atoms with Gasteiger partial charge in [-0.1, -0.05) is 26.0 Å². The number of hydrogen-bond donors (Lipinski definition) is 3. The zero-order valence-corrected chi connectivity index (χ0v) is 33.6. The third-order valence-electron chi connectivity index (χ3n) is 11.8. The van der Waals surface area contributed by atoms with Gasteiger partial charge in [0.15, 0.2) is 0 Å². The summed E-state index contributed by atoms with van der Waals surface area (Å²) in [5.74, 6) is -2.86. The maximum absolute atomic E-state index is 14.7. The molecule has 18 heteroatoms. The lowest BCUT2D eigenvalue weighted by Gasteiger charge is -2.34. The zero-order chi connectivity index (χ0) is 41.7. The normalized spacial score (nSPS) is 29.7. The number of nitrogens with zero attached hydrogens (tertiary/aromatic N) is 2. The highest BCUT2D eigenvalue weighted by molar-refractivity contribution is 7.91. The van der Waals surface area contributed by atoms with Crippen LogP contribution in [0.3, 0.4) is 0 Å². The van der Waals surface area contributed by atoms with Gasteiger partial charge in [-0.25, -0.2) is 18.2 Å². The van der Waals surface area contributed by atoms with Crippen LogP contribution < -0.4 is 24.8 Å². The molecular weight excluding hydrogens is 772 g/mol. The molecule has 1 aromatic carbocycles. The number of hydrogen-bond acceptors (Lipinski definition) is 10. The van der Waals surface area contributed by atoms with Crippen LogP contribution in [0, 0.1) is 17.8 Å². The fraction of sp³-hybridized carbons (Fsp3) is 0.615. The van der Waals surface area contributed by atoms with E-state index in [0.717, 1.165) is 5.39 Å². The number of nitrogens with one attached hydrogen (secondary N) is 3. The molecule has 3 heterocycles. The molecule has 2 aliphatic heterocycles. The maximum Gasteiger partial charge on any atom is 0.427 e. The van der Waals surface area contributed by atoms with Gasteiger partial charge in [0, 0.05) is 23.9 Å². The molecule has 0 spiro atoms. The molecule has 4 amide bonds. The molecule has 4 aliphatic rings. The van der Waals surface area contributed by atoms with Crippen molar-refractivity contribution in [3.8, 4) is 11.6 Å². The van der Waals surface area contributed by atoms with E-state index in [1.165, 1.54) is 25.1 Å². The van der Waals surface area contributed by atoms with Gasteiger partial charge in [0.25, 0.3) is 5.91 Å². The first-order valence-corrected chi connectivity index (χ1v) is 20.6. The lowest BCUT2D eigenvalue weighted by molar-refractivity contribution is -0.244. The highest BCUT2D eigenvalue weighted by atomic mass is 32.2. The number of fused-ring (bicyclic) bond motifs is 3. The Kier molecular flexibility index (Phi) is 11.3. The summed E-state index contributed by atoms with van der Waals surface area (Å²) in [6, 6.07) is 4.26. The minimum Gasteiger partial charge on any atom is -0.497 e. The SMILES string of the molecule is COc1ccc2c(O[C@@H]3C[C@H]4C(=O)N[C@]5(C(=O)NS(=O)(=O)C6(C)CC6)C[C@H]5/C=C\CC[C@@H](C)C[C@@H](C)[C@H](NC(=O)OC(C)(C)C(F)(F)F)C(=O)N4C3)nccc2c1. The number of allylic oxidation sites excluding steroid dienone is 1. The molecule has 2 saturated carbocycles. The number of amides is 4. The number of methoxy groups -OCH3 is 1. The first-order chi connectivity index (χ1) is 26.6. The topological polar surface area (TPSA) is 182 Å². The monoisotopic (exact) mass is 821 g/mol. The summed E-state index contributed by atoms with van der Waals surface area (Å²) in [5, 5.41) is 6.53. The molecular formula is C39H50F3N5O9S. The number of carbonyl (C=O) groups is 4. The minimum atomic E-state index is -4.91. The number of rotatable bonds is 8. The summed E-state index contributed by atoms with van der Waals surface area (Å²) in [6.45, 7) is 6.34. The van der Waals surface area contributed by atoms with Crippen LogP contribution in [0.5, 0.6) is 11.6 Å². The molecule has 7 atom stereocenters. The number of alkyl carbamates (subject to hydrolysis) is 1. The molecule has 1 aromatic heterocycles. The van der Waals surface area contributed by atoms with Gasteiger partial charge in [-0.05, 0) is 101 Å². The van der Waals surface area contributed by atoms with E-state index < -0.39 is 85.9 Å². The van der Waals surface area contributed by atoms with Crippen LogP contribution in [-0.4, -0.2) is 96.0 Å². The molecule has 3 N–H and O–H groups in total. The van der Waals surface area contributed by atoms with Crippen molar-refractivity contribution in [1.29, 1.82) is 0 Å². The van der Waals surface area contributed by atoms with Crippen molar-refractivity contribution >= 4 is 44.6 Å². The van der Waals surface area contributed by atoms with Crippen molar-refractivity contribution in [2.45, 2.75) is 120 Å². The maximum atomic E-state index is 14.7. The number of carbonyl (C=O) groups excluding carboxylic acids is 4. The average molecular weight is 822 g/mol. The lowest BCUT2D eigenvalue weighted by atomic mass is 9.88. The van der Waals surface area contributed by atoms with Crippen molar-refractivity contribution in [3.05, 3.63) is 42.6 Å². The van der Waals surface area contributed by atoms with E-state index in [9.17, 15) is 40.8 Å². The number of ether oxygens (including phenoxy) is 3. The predicted molar refractivity (Wildman–Crippen MR) is 201 cm³/mol. The summed E-state index contributed by atoms with van der Waals surface area (Å²) < 4.78 is 85.1. The Balaban J connectivity index is 1.35. The van der Waals surface area contributed by atoms with Crippen LogP contribution in [0.1, 0.15) is 79.6 Å². The van der Waals surface area contributed by atoms with Gasteiger partial charge < -0.3 is 29.7 Å². The third-order valence-corrected chi connectivity index (χ3v) is 13.9. The highest BCUT2D eigenvalue weighted by Gasteiger charge is 2.63. The first kappa shape index (κ1) is 42.0. The standard InChI is InChI=1S/C39H50F3N5O9S/c1-22-9-7-8-10-25-20-38(25,34(50)46-57(52,53)37(5)14-15-37)45-31(48)29-19-27(55-32-28-12-11-26(54-6)18-24(28)13-16-43-32)21-47(29)33(49)30(23(2)17-22)44-35(51)56-36(3,4)39(40,41)42/h8,10-13,16,18,22-23,25,27,29-30H,7,9,14-15,17,19-21H2,1-6H3,(H,44,51)(H,45,48)(H,46,50)/b10-8-/t22-,23-,25-,27-,29+,30+,38-/m1/s1. The summed E-state index contributed by atoms with van der Waals surface area (Å²) >= 11 is 0. The molecule has 312 valence electrons. The van der Waals surface area contributed by atoms with Crippen LogP contribution >= 0.6 is 0 Å². The second-order valence-corrected chi connectivity index (χ2v) is 18.9.